The zero-order chi connectivity index (χ0) is 13.2. The number of hydrogen-bond donors (Lipinski definition) is 0. The van der Waals surface area contributed by atoms with Gasteiger partial charge in [-0.1, -0.05) is 57.0 Å². The standard InChI is InChI=1S/C16H22O2.Cu/c1-14(2)8-6-7-11-16(17)18-13-12-15-9-4-3-5-10-15;/h3-5,9-10,12-14H,6-8,11H2,1-2H3;. The molecule has 0 atom stereocenters. The van der Waals surface area contributed by atoms with Crippen LogP contribution in [-0.2, 0) is 26.6 Å². The maximum atomic E-state index is 11.4. The van der Waals surface area contributed by atoms with E-state index in [9.17, 15) is 4.79 Å². The van der Waals surface area contributed by atoms with Crippen molar-refractivity contribution in [2.24, 2.45) is 5.92 Å². The number of carbonyl (C=O) groups excluding carboxylic acids is 1. The Hall–Kier alpha value is -1.05. The Morgan fingerprint density at radius 2 is 1.89 bits per heavy atom. The van der Waals surface area contributed by atoms with Crippen molar-refractivity contribution in [3.05, 3.63) is 42.2 Å². The Kier molecular flexibility index (Phi) is 10.2. The molecule has 2 nitrogen and oxygen atoms in total. The van der Waals surface area contributed by atoms with E-state index in [4.69, 9.17) is 4.74 Å². The molecule has 0 saturated carbocycles. The molecule has 0 aliphatic heterocycles. The second kappa shape index (κ2) is 10.8. The predicted octanol–water partition coefficient (Wildman–Crippen LogP) is 4.41. The van der Waals surface area contributed by atoms with Crippen LogP contribution < -0.4 is 0 Å². The third-order valence-electron chi connectivity index (χ3n) is 2.67. The van der Waals surface area contributed by atoms with Crippen LogP contribution >= 0.6 is 0 Å². The average Bonchev–Trinajstić information content (AvgIpc) is 2.36. The summed E-state index contributed by atoms with van der Waals surface area (Å²) < 4.78 is 5.03. The van der Waals surface area contributed by atoms with Crippen LogP contribution in [-0.4, -0.2) is 5.97 Å². The van der Waals surface area contributed by atoms with Gasteiger partial charge in [-0.2, -0.15) is 0 Å². The van der Waals surface area contributed by atoms with Gasteiger partial charge in [0.05, 0.1) is 6.26 Å². The van der Waals surface area contributed by atoms with Gasteiger partial charge < -0.3 is 4.74 Å². The van der Waals surface area contributed by atoms with E-state index < -0.39 is 0 Å². The summed E-state index contributed by atoms with van der Waals surface area (Å²) in [6.07, 6.45) is 6.95. The van der Waals surface area contributed by atoms with Crippen LogP contribution in [0.2, 0.25) is 0 Å². The van der Waals surface area contributed by atoms with Crippen molar-refractivity contribution < 1.29 is 26.6 Å². The molecule has 1 aromatic rings. The van der Waals surface area contributed by atoms with Gasteiger partial charge >= 0.3 is 5.97 Å². The van der Waals surface area contributed by atoms with Gasteiger partial charge in [-0.25, -0.2) is 0 Å². The molecule has 1 radical (unpaired) electrons. The van der Waals surface area contributed by atoms with Crippen molar-refractivity contribution >= 4 is 12.0 Å². The van der Waals surface area contributed by atoms with E-state index in [2.05, 4.69) is 13.8 Å². The molecule has 0 saturated heterocycles. The summed E-state index contributed by atoms with van der Waals surface area (Å²) in [5.74, 6) is 0.560. The van der Waals surface area contributed by atoms with E-state index in [1.807, 2.05) is 30.3 Å². The Bertz CT molecular complexity index is 372. The first-order valence-corrected chi connectivity index (χ1v) is 6.59. The molecule has 0 fully saturated rings. The van der Waals surface area contributed by atoms with Crippen molar-refractivity contribution in [1.29, 1.82) is 0 Å². The van der Waals surface area contributed by atoms with Crippen LogP contribution in [0.15, 0.2) is 36.6 Å². The van der Waals surface area contributed by atoms with Gasteiger partial charge in [-0.05, 0) is 24.0 Å². The van der Waals surface area contributed by atoms with E-state index in [0.717, 1.165) is 18.4 Å². The van der Waals surface area contributed by atoms with Crippen molar-refractivity contribution in [3.8, 4) is 0 Å². The minimum atomic E-state index is -0.147. The molecule has 0 heterocycles. The Labute approximate surface area is 126 Å². The van der Waals surface area contributed by atoms with Crippen LogP contribution in [0, 0.1) is 5.92 Å². The predicted molar refractivity (Wildman–Crippen MR) is 74.9 cm³/mol. The van der Waals surface area contributed by atoms with E-state index in [1.54, 1.807) is 6.08 Å². The Morgan fingerprint density at radius 3 is 2.53 bits per heavy atom. The number of esters is 1. The van der Waals surface area contributed by atoms with Gasteiger partial charge in [-0.15, -0.1) is 0 Å². The van der Waals surface area contributed by atoms with E-state index in [-0.39, 0.29) is 23.0 Å². The molecule has 0 amide bonds. The van der Waals surface area contributed by atoms with Gasteiger partial charge in [0.25, 0.3) is 0 Å². The summed E-state index contributed by atoms with van der Waals surface area (Å²) in [7, 11) is 0. The normalized spacial score (nSPS) is 10.5. The number of carbonyl (C=O) groups is 1. The SMILES string of the molecule is CC(C)CCCCC(=O)OC=Cc1ccccc1.[Cu]. The van der Waals surface area contributed by atoms with Gasteiger partial charge in [0.15, 0.2) is 0 Å². The molecular formula is C16H22CuO2. The van der Waals surface area contributed by atoms with Crippen molar-refractivity contribution in [2.45, 2.75) is 39.5 Å². The first-order valence-electron chi connectivity index (χ1n) is 6.59. The summed E-state index contributed by atoms with van der Waals surface area (Å²) in [4.78, 5) is 11.4. The fourth-order valence-corrected chi connectivity index (χ4v) is 1.63. The molecule has 3 heteroatoms. The van der Waals surface area contributed by atoms with Crippen molar-refractivity contribution in [2.75, 3.05) is 0 Å². The summed E-state index contributed by atoms with van der Waals surface area (Å²) in [5, 5.41) is 0. The molecule has 0 aliphatic carbocycles. The smallest absolute Gasteiger partial charge is 0.310 e. The maximum Gasteiger partial charge on any atom is 0.310 e. The Morgan fingerprint density at radius 1 is 1.21 bits per heavy atom. The largest absolute Gasteiger partial charge is 0.434 e. The number of hydrogen-bond acceptors (Lipinski definition) is 2. The van der Waals surface area contributed by atoms with Gasteiger partial charge in [0, 0.05) is 23.5 Å². The summed E-state index contributed by atoms with van der Waals surface area (Å²) in [6, 6.07) is 9.79. The fourth-order valence-electron chi connectivity index (χ4n) is 1.63. The third kappa shape index (κ3) is 9.52. The van der Waals surface area contributed by atoms with Crippen molar-refractivity contribution in [3.63, 3.8) is 0 Å². The van der Waals surface area contributed by atoms with Crippen LogP contribution in [0.5, 0.6) is 0 Å². The zero-order valence-corrected chi connectivity index (χ0v) is 12.5. The zero-order valence-electron chi connectivity index (χ0n) is 11.6. The van der Waals surface area contributed by atoms with Gasteiger partial charge in [-0.3, -0.25) is 4.79 Å². The van der Waals surface area contributed by atoms with Gasteiger partial charge in [0.1, 0.15) is 0 Å². The number of benzene rings is 1. The third-order valence-corrected chi connectivity index (χ3v) is 2.67. The second-order valence-corrected chi connectivity index (χ2v) is 4.84. The maximum absolute atomic E-state index is 11.4. The summed E-state index contributed by atoms with van der Waals surface area (Å²) >= 11 is 0. The molecule has 0 aromatic heterocycles. The molecule has 0 bridgehead atoms. The number of ether oxygens (including phenoxy) is 1. The van der Waals surface area contributed by atoms with Gasteiger partial charge in [0.2, 0.25) is 0 Å². The van der Waals surface area contributed by atoms with Crippen LogP contribution in [0.3, 0.4) is 0 Å². The summed E-state index contributed by atoms with van der Waals surface area (Å²) in [6.45, 7) is 4.39. The van der Waals surface area contributed by atoms with Crippen LogP contribution in [0.4, 0.5) is 0 Å². The van der Waals surface area contributed by atoms with E-state index >= 15 is 0 Å². The summed E-state index contributed by atoms with van der Waals surface area (Å²) in [5.41, 5.74) is 1.03. The van der Waals surface area contributed by atoms with E-state index in [0.29, 0.717) is 12.3 Å². The molecule has 109 valence electrons. The molecule has 1 aromatic carbocycles. The van der Waals surface area contributed by atoms with Crippen molar-refractivity contribution in [1.82, 2.24) is 0 Å². The minimum Gasteiger partial charge on any atom is -0.434 e. The molecule has 0 spiro atoms. The number of unbranched alkanes of at least 4 members (excludes halogenated alkanes) is 1. The number of rotatable bonds is 7. The molecular weight excluding hydrogens is 288 g/mol. The molecule has 0 N–H and O–H groups in total. The first kappa shape index (κ1) is 17.9. The Balaban J connectivity index is 0.00000324. The minimum absolute atomic E-state index is 0. The topological polar surface area (TPSA) is 26.3 Å². The fraction of sp³-hybridized carbons (Fsp3) is 0.438. The quantitative estimate of drug-likeness (QED) is 0.323. The molecule has 0 unspecified atom stereocenters. The van der Waals surface area contributed by atoms with Crippen LogP contribution in [0.25, 0.3) is 6.08 Å². The van der Waals surface area contributed by atoms with Crippen LogP contribution in [0.1, 0.15) is 45.1 Å². The second-order valence-electron chi connectivity index (χ2n) is 4.84. The van der Waals surface area contributed by atoms with E-state index in [1.165, 1.54) is 12.7 Å². The average molecular weight is 310 g/mol. The molecule has 1 rings (SSSR count). The molecule has 19 heavy (non-hydrogen) atoms. The monoisotopic (exact) mass is 309 g/mol. The first-order chi connectivity index (χ1) is 8.68. The molecule has 0 aliphatic rings.